The van der Waals surface area contributed by atoms with Gasteiger partial charge < -0.3 is 4.74 Å². The van der Waals surface area contributed by atoms with Gasteiger partial charge in [0.25, 0.3) is 0 Å². The minimum absolute atomic E-state index is 0.168. The molecule has 0 atom stereocenters. The Hall–Kier alpha value is -2.82. The molecule has 3 aromatic rings. The summed E-state index contributed by atoms with van der Waals surface area (Å²) in [6, 6.07) is 16.4. The van der Waals surface area contributed by atoms with E-state index in [9.17, 15) is 13.2 Å². The highest BCUT2D eigenvalue weighted by molar-refractivity contribution is 5.84. The average molecular weight is 457 g/mol. The molecule has 0 heterocycles. The summed E-state index contributed by atoms with van der Waals surface area (Å²) in [5, 5.41) is 1.55. The van der Waals surface area contributed by atoms with E-state index >= 15 is 4.39 Å². The highest BCUT2D eigenvalue weighted by atomic mass is 19.4. The van der Waals surface area contributed by atoms with Gasteiger partial charge in [-0.2, -0.15) is 13.2 Å². The van der Waals surface area contributed by atoms with Crippen LogP contribution in [0.1, 0.15) is 48.3 Å². The predicted octanol–water partition coefficient (Wildman–Crippen LogP) is 8.17. The molecule has 33 heavy (non-hydrogen) atoms. The highest BCUT2D eigenvalue weighted by Crippen LogP contribution is 2.37. The number of fused-ring (bicyclic) bond motifs is 1. The number of benzene rings is 3. The predicted molar refractivity (Wildman–Crippen MR) is 124 cm³/mol. The van der Waals surface area contributed by atoms with E-state index in [0.717, 1.165) is 36.6 Å². The van der Waals surface area contributed by atoms with E-state index in [1.165, 1.54) is 17.7 Å². The van der Waals surface area contributed by atoms with Crippen LogP contribution in [0.3, 0.4) is 0 Å². The van der Waals surface area contributed by atoms with Crippen molar-refractivity contribution in [3.05, 3.63) is 89.8 Å². The average Bonchev–Trinajstić information content (AvgIpc) is 2.82. The Morgan fingerprint density at radius 1 is 0.909 bits per heavy atom. The summed E-state index contributed by atoms with van der Waals surface area (Å²) in [6.45, 7) is 2.60. The van der Waals surface area contributed by atoms with Crippen molar-refractivity contribution < 1.29 is 22.3 Å². The Kier molecular flexibility index (Phi) is 7.06. The van der Waals surface area contributed by atoms with Crippen molar-refractivity contribution >= 4 is 10.8 Å². The first-order chi connectivity index (χ1) is 15.8. The number of ether oxygens (including phenoxy) is 1. The fourth-order valence-corrected chi connectivity index (χ4v) is 4.69. The van der Waals surface area contributed by atoms with Gasteiger partial charge in [0.05, 0.1) is 0 Å². The van der Waals surface area contributed by atoms with Crippen LogP contribution in [0.4, 0.5) is 17.6 Å². The summed E-state index contributed by atoms with van der Waals surface area (Å²) < 4.78 is 56.7. The maximum atomic E-state index is 15.2. The molecule has 4 rings (SSSR count). The second-order valence-corrected chi connectivity index (χ2v) is 8.91. The van der Waals surface area contributed by atoms with Crippen LogP contribution in [0.2, 0.25) is 0 Å². The summed E-state index contributed by atoms with van der Waals surface area (Å²) in [5.74, 6) is 1.11. The van der Waals surface area contributed by atoms with Crippen LogP contribution in [0, 0.1) is 11.7 Å². The van der Waals surface area contributed by atoms with Gasteiger partial charge in [-0.25, -0.2) is 4.39 Å². The van der Waals surface area contributed by atoms with Crippen molar-refractivity contribution in [1.29, 1.82) is 0 Å². The number of alkyl halides is 3. The molecule has 1 aliphatic rings. The van der Waals surface area contributed by atoms with E-state index in [1.54, 1.807) is 12.1 Å². The molecule has 5 heteroatoms. The third-order valence-electron chi connectivity index (χ3n) is 6.64. The first-order valence-corrected chi connectivity index (χ1v) is 11.4. The quantitative estimate of drug-likeness (QED) is 0.257. The van der Waals surface area contributed by atoms with Gasteiger partial charge in [-0.3, -0.25) is 0 Å². The van der Waals surface area contributed by atoms with Crippen LogP contribution < -0.4 is 4.74 Å². The summed E-state index contributed by atoms with van der Waals surface area (Å²) in [6.07, 6.45) is 3.40. The Labute approximate surface area is 192 Å². The lowest BCUT2D eigenvalue weighted by Gasteiger charge is -2.27. The van der Waals surface area contributed by atoms with Gasteiger partial charge in [0, 0.05) is 5.39 Å². The van der Waals surface area contributed by atoms with E-state index in [4.69, 9.17) is 4.74 Å². The van der Waals surface area contributed by atoms with E-state index in [-0.39, 0.29) is 11.6 Å². The maximum Gasteiger partial charge on any atom is 0.422 e. The van der Waals surface area contributed by atoms with Crippen molar-refractivity contribution in [1.82, 2.24) is 0 Å². The molecule has 0 bridgehead atoms. The molecule has 174 valence electrons. The first-order valence-electron chi connectivity index (χ1n) is 11.4. The fourth-order valence-electron chi connectivity index (χ4n) is 4.69. The van der Waals surface area contributed by atoms with Crippen LogP contribution in [-0.4, -0.2) is 12.8 Å². The Morgan fingerprint density at radius 3 is 2.30 bits per heavy atom. The standard InChI is InChI=1S/C28H28F4O/c1-2-19-3-8-21(9-4-19)23-13-16-26-24(17-23)12-11-22(27(26)29)10-5-20-6-14-25(15-7-20)33-18-28(30,31)32/h2,6-7,11-17,19,21H,1,3-5,8-10,18H2. The fraction of sp³-hybridized carbons (Fsp3) is 0.357. The van der Waals surface area contributed by atoms with E-state index < -0.39 is 12.8 Å². The molecule has 0 saturated heterocycles. The van der Waals surface area contributed by atoms with Crippen LogP contribution >= 0.6 is 0 Å². The second kappa shape index (κ2) is 9.98. The summed E-state index contributed by atoms with van der Waals surface area (Å²) in [5.41, 5.74) is 2.84. The summed E-state index contributed by atoms with van der Waals surface area (Å²) in [4.78, 5) is 0. The van der Waals surface area contributed by atoms with Crippen LogP contribution in [-0.2, 0) is 12.8 Å². The van der Waals surface area contributed by atoms with Crippen molar-refractivity contribution in [2.24, 2.45) is 5.92 Å². The number of halogens is 4. The van der Waals surface area contributed by atoms with Crippen molar-refractivity contribution in [2.45, 2.75) is 50.6 Å². The van der Waals surface area contributed by atoms with Gasteiger partial charge in [0.15, 0.2) is 6.61 Å². The molecule has 0 amide bonds. The smallest absolute Gasteiger partial charge is 0.422 e. The van der Waals surface area contributed by atoms with Gasteiger partial charge in [0.2, 0.25) is 0 Å². The number of hydrogen-bond donors (Lipinski definition) is 0. The molecule has 0 aromatic heterocycles. The minimum Gasteiger partial charge on any atom is -0.484 e. The van der Waals surface area contributed by atoms with Crippen molar-refractivity contribution in [3.63, 3.8) is 0 Å². The van der Waals surface area contributed by atoms with Crippen LogP contribution in [0.5, 0.6) is 5.75 Å². The van der Waals surface area contributed by atoms with Crippen molar-refractivity contribution in [2.75, 3.05) is 6.61 Å². The topological polar surface area (TPSA) is 9.23 Å². The first kappa shape index (κ1) is 23.3. The number of rotatable bonds is 7. The number of hydrogen-bond acceptors (Lipinski definition) is 1. The SMILES string of the molecule is C=CC1CCC(c2ccc3c(F)c(CCc4ccc(OCC(F)(F)F)cc4)ccc3c2)CC1. The van der Waals surface area contributed by atoms with Gasteiger partial charge in [-0.1, -0.05) is 48.5 Å². The highest BCUT2D eigenvalue weighted by Gasteiger charge is 2.28. The molecule has 1 saturated carbocycles. The Balaban J connectivity index is 1.40. The zero-order valence-corrected chi connectivity index (χ0v) is 18.5. The molecule has 1 nitrogen and oxygen atoms in total. The number of allylic oxidation sites excluding steroid dienone is 1. The normalized spacial score (nSPS) is 18.9. The van der Waals surface area contributed by atoms with E-state index in [1.807, 2.05) is 18.2 Å². The molecule has 0 unspecified atom stereocenters. The monoisotopic (exact) mass is 456 g/mol. The summed E-state index contributed by atoms with van der Waals surface area (Å²) in [7, 11) is 0. The molecule has 1 aliphatic carbocycles. The minimum atomic E-state index is -4.36. The molecule has 1 fully saturated rings. The van der Waals surface area contributed by atoms with Crippen LogP contribution in [0.25, 0.3) is 10.8 Å². The molecule has 0 spiro atoms. The lowest BCUT2D eigenvalue weighted by molar-refractivity contribution is -0.153. The molecule has 3 aromatic carbocycles. The van der Waals surface area contributed by atoms with Crippen LogP contribution in [0.15, 0.2) is 67.3 Å². The van der Waals surface area contributed by atoms with Gasteiger partial charge in [-0.15, -0.1) is 6.58 Å². The lowest BCUT2D eigenvalue weighted by atomic mass is 9.78. The molecule has 0 radical (unpaired) electrons. The molecule has 0 N–H and O–H groups in total. The Bertz CT molecular complexity index is 1090. The van der Waals surface area contributed by atoms with E-state index in [2.05, 4.69) is 24.8 Å². The van der Waals surface area contributed by atoms with Gasteiger partial charge in [0.1, 0.15) is 11.6 Å². The largest absolute Gasteiger partial charge is 0.484 e. The molecular formula is C28H28F4O. The molecular weight excluding hydrogens is 428 g/mol. The zero-order chi connectivity index (χ0) is 23.4. The second-order valence-electron chi connectivity index (χ2n) is 8.91. The zero-order valence-electron chi connectivity index (χ0n) is 18.5. The summed E-state index contributed by atoms with van der Waals surface area (Å²) >= 11 is 0. The molecule has 0 aliphatic heterocycles. The third kappa shape index (κ3) is 5.95. The van der Waals surface area contributed by atoms with Gasteiger partial charge >= 0.3 is 6.18 Å². The Morgan fingerprint density at radius 2 is 1.64 bits per heavy atom. The van der Waals surface area contributed by atoms with Gasteiger partial charge in [-0.05, 0) is 84.6 Å². The third-order valence-corrected chi connectivity index (χ3v) is 6.64. The van der Waals surface area contributed by atoms with Crippen molar-refractivity contribution in [3.8, 4) is 5.75 Å². The van der Waals surface area contributed by atoms with E-state index in [0.29, 0.717) is 35.6 Å². The number of aryl methyl sites for hydroxylation is 2. The lowest BCUT2D eigenvalue weighted by Crippen LogP contribution is -2.19. The maximum absolute atomic E-state index is 15.2.